The highest BCUT2D eigenvalue weighted by Crippen LogP contribution is 2.51. The number of guanidine groups is 1. The van der Waals surface area contributed by atoms with Gasteiger partial charge in [-0.05, 0) is 34.1 Å². The number of hydrogen-bond acceptors (Lipinski definition) is 3. The topological polar surface area (TPSA) is 66.0 Å². The lowest BCUT2D eigenvalue weighted by atomic mass is 9.56. The van der Waals surface area contributed by atoms with E-state index in [1.54, 1.807) is 7.11 Å². The lowest BCUT2D eigenvalue weighted by molar-refractivity contribution is -0.176. The van der Waals surface area contributed by atoms with Crippen LogP contribution in [0.25, 0.3) is 0 Å². The summed E-state index contributed by atoms with van der Waals surface area (Å²) in [5, 5.41) is 6.77. The van der Waals surface area contributed by atoms with Crippen LogP contribution in [-0.4, -0.2) is 61.7 Å². The number of halogens is 1. The Morgan fingerprint density at radius 1 is 1.24 bits per heavy atom. The van der Waals surface area contributed by atoms with Crippen LogP contribution in [0.4, 0.5) is 0 Å². The molecule has 1 saturated carbocycles. The maximum absolute atomic E-state index is 12.1. The molecule has 2 N–H and O–H groups in total. The van der Waals surface area contributed by atoms with Crippen molar-refractivity contribution in [3.05, 3.63) is 0 Å². The molecule has 148 valence electrons. The van der Waals surface area contributed by atoms with E-state index in [4.69, 9.17) is 4.74 Å². The van der Waals surface area contributed by atoms with Crippen LogP contribution in [0.3, 0.4) is 0 Å². The number of nitrogens with zero attached hydrogens (tertiary/aromatic N) is 2. The van der Waals surface area contributed by atoms with Crippen molar-refractivity contribution in [2.24, 2.45) is 10.4 Å². The summed E-state index contributed by atoms with van der Waals surface area (Å²) in [4.78, 5) is 18.5. The second kappa shape index (κ2) is 10.5. The van der Waals surface area contributed by atoms with Gasteiger partial charge in [-0.1, -0.05) is 13.8 Å². The van der Waals surface area contributed by atoms with E-state index >= 15 is 0 Å². The number of aliphatic imine (C=N–C) groups is 1. The molecule has 2 atom stereocenters. The minimum absolute atomic E-state index is 0. The summed E-state index contributed by atoms with van der Waals surface area (Å²) in [5.74, 6) is 0.941. The quantitative estimate of drug-likeness (QED) is 0.327. The van der Waals surface area contributed by atoms with Crippen molar-refractivity contribution in [3.63, 3.8) is 0 Å². The van der Waals surface area contributed by atoms with Gasteiger partial charge in [-0.15, -0.1) is 24.0 Å². The Bertz CT molecular complexity index is 452. The Labute approximate surface area is 170 Å². The van der Waals surface area contributed by atoms with Crippen LogP contribution in [0.5, 0.6) is 0 Å². The van der Waals surface area contributed by atoms with Crippen molar-refractivity contribution in [1.82, 2.24) is 15.5 Å². The molecule has 1 fully saturated rings. The second-order valence-corrected chi connectivity index (χ2v) is 7.13. The molecule has 0 radical (unpaired) electrons. The summed E-state index contributed by atoms with van der Waals surface area (Å²) in [6, 6.07) is 0.304. The Morgan fingerprint density at radius 3 is 2.28 bits per heavy atom. The molecule has 0 saturated heterocycles. The first-order chi connectivity index (χ1) is 11.3. The molecule has 25 heavy (non-hydrogen) atoms. The van der Waals surface area contributed by atoms with Gasteiger partial charge in [-0.3, -0.25) is 9.79 Å². The first-order valence-corrected chi connectivity index (χ1v) is 9.13. The number of carbonyl (C=O) groups is 1. The van der Waals surface area contributed by atoms with E-state index < -0.39 is 0 Å². The van der Waals surface area contributed by atoms with E-state index in [2.05, 4.69) is 36.4 Å². The van der Waals surface area contributed by atoms with E-state index in [1.165, 1.54) is 0 Å². The molecule has 0 heterocycles. The highest BCUT2D eigenvalue weighted by atomic mass is 127. The fraction of sp³-hybridized carbons (Fsp3) is 0.889. The molecular weight excluding hydrogens is 431 g/mol. The maximum Gasteiger partial charge on any atom is 0.224 e. The zero-order valence-corrected chi connectivity index (χ0v) is 19.3. The molecule has 2 unspecified atom stereocenters. The normalized spacial score (nSPS) is 24.8. The molecule has 6 nitrogen and oxygen atoms in total. The van der Waals surface area contributed by atoms with E-state index in [0.717, 1.165) is 32.0 Å². The Hall–Kier alpha value is -0.570. The zero-order chi connectivity index (χ0) is 18.4. The average Bonchev–Trinajstić information content (AvgIpc) is 2.55. The van der Waals surface area contributed by atoms with Gasteiger partial charge < -0.3 is 20.3 Å². The van der Waals surface area contributed by atoms with Gasteiger partial charge in [0, 0.05) is 44.6 Å². The molecule has 1 aliphatic carbocycles. The first kappa shape index (κ1) is 24.4. The fourth-order valence-electron chi connectivity index (χ4n) is 3.21. The van der Waals surface area contributed by atoms with E-state index in [0.29, 0.717) is 19.0 Å². The van der Waals surface area contributed by atoms with E-state index in [-0.39, 0.29) is 40.9 Å². The average molecular weight is 468 g/mol. The highest BCUT2D eigenvalue weighted by molar-refractivity contribution is 14.0. The molecular formula is C18H37IN4O2. The smallest absolute Gasteiger partial charge is 0.224 e. The maximum atomic E-state index is 12.1. The van der Waals surface area contributed by atoms with Crippen molar-refractivity contribution in [1.29, 1.82) is 0 Å². The number of rotatable bonds is 8. The van der Waals surface area contributed by atoms with Gasteiger partial charge >= 0.3 is 0 Å². The summed E-state index contributed by atoms with van der Waals surface area (Å²) in [6.07, 6.45) is 1.39. The van der Waals surface area contributed by atoms with Crippen LogP contribution < -0.4 is 10.6 Å². The number of methoxy groups -OCH3 is 1. The van der Waals surface area contributed by atoms with Gasteiger partial charge in [0.1, 0.15) is 0 Å². The van der Waals surface area contributed by atoms with Crippen LogP contribution in [0, 0.1) is 5.41 Å². The van der Waals surface area contributed by atoms with Crippen molar-refractivity contribution in [3.8, 4) is 0 Å². The van der Waals surface area contributed by atoms with Gasteiger partial charge in [-0.25, -0.2) is 0 Å². The van der Waals surface area contributed by atoms with Crippen LogP contribution in [0.1, 0.15) is 54.4 Å². The Kier molecular flexibility index (Phi) is 10.3. The molecule has 1 rings (SSSR count). The third-order valence-corrected chi connectivity index (χ3v) is 5.65. The number of amides is 1. The monoisotopic (exact) mass is 468 g/mol. The second-order valence-electron chi connectivity index (χ2n) is 7.13. The van der Waals surface area contributed by atoms with Crippen molar-refractivity contribution in [2.45, 2.75) is 66.0 Å². The third kappa shape index (κ3) is 5.70. The van der Waals surface area contributed by atoms with Crippen molar-refractivity contribution in [2.75, 3.05) is 33.3 Å². The molecule has 0 bridgehead atoms. The van der Waals surface area contributed by atoms with Crippen LogP contribution >= 0.6 is 24.0 Å². The predicted octanol–water partition coefficient (Wildman–Crippen LogP) is 2.62. The van der Waals surface area contributed by atoms with Gasteiger partial charge in [0.15, 0.2) is 5.96 Å². The fourth-order valence-corrected chi connectivity index (χ4v) is 3.21. The zero-order valence-electron chi connectivity index (χ0n) is 16.9. The molecule has 0 aliphatic heterocycles. The van der Waals surface area contributed by atoms with Crippen LogP contribution in [0.15, 0.2) is 4.99 Å². The van der Waals surface area contributed by atoms with Gasteiger partial charge in [0.25, 0.3) is 0 Å². The van der Waals surface area contributed by atoms with E-state index in [9.17, 15) is 4.79 Å². The van der Waals surface area contributed by atoms with Gasteiger partial charge in [0.05, 0.1) is 12.1 Å². The van der Waals surface area contributed by atoms with Crippen LogP contribution in [0.2, 0.25) is 0 Å². The Balaban J connectivity index is 0.00000576. The molecule has 1 amide bonds. The molecule has 0 aromatic heterocycles. The number of carbonyl (C=O) groups excluding carboxylic acids is 1. The van der Waals surface area contributed by atoms with Gasteiger partial charge in [-0.2, -0.15) is 0 Å². The lowest BCUT2D eigenvalue weighted by Crippen LogP contribution is -2.69. The highest BCUT2D eigenvalue weighted by Gasteiger charge is 2.58. The summed E-state index contributed by atoms with van der Waals surface area (Å²) in [7, 11) is 1.77. The molecule has 1 aliphatic rings. The number of hydrogen-bond donors (Lipinski definition) is 2. The third-order valence-electron chi connectivity index (χ3n) is 5.65. The standard InChI is InChI=1S/C18H36N4O2.HI/c1-8-19-16(20-12-11-15(23)22(9-2)10-3)21-14-13-18(6,24-7)17(14,4)5;/h14H,8-13H2,1-7H3,(H2,19,20,21);1H. The minimum atomic E-state index is -0.110. The molecule has 7 heteroatoms. The van der Waals surface area contributed by atoms with Gasteiger partial charge in [0.2, 0.25) is 5.91 Å². The van der Waals surface area contributed by atoms with E-state index in [1.807, 2.05) is 25.7 Å². The summed E-state index contributed by atoms with van der Waals surface area (Å²) >= 11 is 0. The van der Waals surface area contributed by atoms with Crippen molar-refractivity contribution < 1.29 is 9.53 Å². The number of ether oxygens (including phenoxy) is 1. The predicted molar refractivity (Wildman–Crippen MR) is 115 cm³/mol. The molecule has 0 aromatic carbocycles. The largest absolute Gasteiger partial charge is 0.378 e. The van der Waals surface area contributed by atoms with Crippen LogP contribution in [-0.2, 0) is 9.53 Å². The molecule has 0 aromatic rings. The molecule has 0 spiro atoms. The Morgan fingerprint density at radius 2 is 1.84 bits per heavy atom. The summed E-state index contributed by atoms with van der Waals surface area (Å²) in [5.41, 5.74) is -0.0876. The SMILES string of the molecule is CCNC(=NCCC(=O)N(CC)CC)NC1CC(C)(OC)C1(C)C.I. The lowest BCUT2D eigenvalue weighted by Gasteiger charge is -2.59. The minimum Gasteiger partial charge on any atom is -0.378 e. The number of nitrogens with one attached hydrogen (secondary N) is 2. The summed E-state index contributed by atoms with van der Waals surface area (Å²) < 4.78 is 5.67. The van der Waals surface area contributed by atoms with Crippen molar-refractivity contribution >= 4 is 35.8 Å². The first-order valence-electron chi connectivity index (χ1n) is 9.13. The summed E-state index contributed by atoms with van der Waals surface area (Å²) in [6.45, 7) is 15.4.